The number of nitrogens with zero attached hydrogens (tertiary/aromatic N) is 2. The molecule has 1 saturated heterocycles. The second-order valence-corrected chi connectivity index (χ2v) is 12.2. The van der Waals surface area contributed by atoms with E-state index in [1.54, 1.807) is 14.0 Å². The molecule has 1 aliphatic carbocycles. The Bertz CT molecular complexity index is 1370. The third kappa shape index (κ3) is 4.74. The second kappa shape index (κ2) is 9.20. The lowest BCUT2D eigenvalue weighted by Gasteiger charge is -2.22. The number of benzene rings is 1. The van der Waals surface area contributed by atoms with Gasteiger partial charge in [0.1, 0.15) is 16.4 Å². The molecule has 1 aromatic heterocycles. The number of sulfonamides is 1. The molecule has 0 spiro atoms. The van der Waals surface area contributed by atoms with Gasteiger partial charge >= 0.3 is 11.8 Å². The molecule has 0 unspecified atom stereocenters. The van der Waals surface area contributed by atoms with Gasteiger partial charge in [-0.15, -0.1) is 11.8 Å². The number of fused-ring (bicyclic) bond motifs is 2. The Hall–Kier alpha value is -2.90. The first-order valence-electron chi connectivity index (χ1n) is 11.5. The third-order valence-corrected chi connectivity index (χ3v) is 9.53. The lowest BCUT2D eigenvalue weighted by atomic mass is 10.1. The smallest absolute Gasteiger partial charge is 0.311 e. The van der Waals surface area contributed by atoms with Crippen molar-refractivity contribution in [2.24, 2.45) is 13.0 Å². The SMILES string of the molecule is Cc1cc(NC(=O)c2c3c(cn2C)S(=O)(=O)N[C@H]2CN(C(=O)C(=O)NC4CC4)C[C@H]2CS3)ccc1F. The molecule has 3 amide bonds. The van der Waals surface area contributed by atoms with Crippen LogP contribution in [0.3, 0.4) is 0 Å². The molecule has 36 heavy (non-hydrogen) atoms. The maximum atomic E-state index is 13.6. The molecule has 2 atom stereocenters. The van der Waals surface area contributed by atoms with Crippen LogP contribution < -0.4 is 15.4 Å². The van der Waals surface area contributed by atoms with Crippen molar-refractivity contribution in [2.75, 3.05) is 24.2 Å². The molecular formula is C23H26FN5O5S2. The van der Waals surface area contributed by atoms with Crippen molar-refractivity contribution in [1.82, 2.24) is 19.5 Å². The molecule has 3 N–H and O–H groups in total. The molecule has 1 saturated carbocycles. The standard InChI is InChI=1S/C23H26FN5O5S2/c1-12-7-15(5-6-16(12)24)26-21(30)19-20-18(10-28(19)2)36(33,34)27-17-9-29(8-13(17)11-35-20)23(32)22(31)25-14-3-4-14/h5-7,10,13-14,17,27H,3-4,8-9,11H2,1-2H3,(H,25,31)(H,26,30)/t13-,17-/m0/s1. The number of carbonyl (C=O) groups excluding carboxylic acids is 3. The number of likely N-dealkylation sites (tertiary alicyclic amines) is 1. The Morgan fingerprint density at radius 1 is 1.19 bits per heavy atom. The predicted molar refractivity (Wildman–Crippen MR) is 131 cm³/mol. The maximum absolute atomic E-state index is 13.6. The highest BCUT2D eigenvalue weighted by atomic mass is 32.2. The largest absolute Gasteiger partial charge is 0.345 e. The number of halogens is 1. The van der Waals surface area contributed by atoms with E-state index in [0.717, 1.165) is 12.8 Å². The minimum absolute atomic E-state index is 0.0230. The van der Waals surface area contributed by atoms with Crippen LogP contribution in [0.4, 0.5) is 10.1 Å². The van der Waals surface area contributed by atoms with Gasteiger partial charge in [-0.05, 0) is 43.5 Å². The van der Waals surface area contributed by atoms with E-state index >= 15 is 0 Å². The molecule has 1 aromatic carbocycles. The Balaban J connectivity index is 1.37. The van der Waals surface area contributed by atoms with E-state index in [1.165, 1.54) is 45.6 Å². The lowest BCUT2D eigenvalue weighted by molar-refractivity contribution is -0.145. The van der Waals surface area contributed by atoms with Crippen LogP contribution in [0.1, 0.15) is 28.9 Å². The number of hydrogen-bond donors (Lipinski definition) is 3. The van der Waals surface area contributed by atoms with E-state index in [1.807, 2.05) is 0 Å². The van der Waals surface area contributed by atoms with E-state index in [9.17, 15) is 27.2 Å². The van der Waals surface area contributed by atoms with Gasteiger partial charge in [0.15, 0.2) is 0 Å². The van der Waals surface area contributed by atoms with E-state index in [0.29, 0.717) is 21.9 Å². The van der Waals surface area contributed by atoms with Gasteiger partial charge in [-0.2, -0.15) is 0 Å². The van der Waals surface area contributed by atoms with Crippen LogP contribution in [0.5, 0.6) is 0 Å². The molecule has 3 heterocycles. The van der Waals surface area contributed by atoms with Crippen LogP contribution >= 0.6 is 11.8 Å². The van der Waals surface area contributed by atoms with Crippen LogP contribution in [-0.2, 0) is 26.7 Å². The zero-order valence-corrected chi connectivity index (χ0v) is 21.3. The lowest BCUT2D eigenvalue weighted by Crippen LogP contribution is -2.45. The summed E-state index contributed by atoms with van der Waals surface area (Å²) in [5, 5.41) is 5.39. The molecule has 13 heteroatoms. The summed E-state index contributed by atoms with van der Waals surface area (Å²) in [5.74, 6) is -2.05. The first kappa shape index (κ1) is 24.8. The Labute approximate surface area is 212 Å². The van der Waals surface area contributed by atoms with Gasteiger partial charge in [-0.25, -0.2) is 17.5 Å². The summed E-state index contributed by atoms with van der Waals surface area (Å²) in [6.07, 6.45) is 3.10. The summed E-state index contributed by atoms with van der Waals surface area (Å²) in [7, 11) is -2.43. The van der Waals surface area contributed by atoms with Gasteiger partial charge in [0, 0.05) is 55.8 Å². The molecule has 192 valence electrons. The summed E-state index contributed by atoms with van der Waals surface area (Å²) in [6, 6.07) is 3.69. The quantitative estimate of drug-likeness (QED) is 0.507. The van der Waals surface area contributed by atoms with Gasteiger partial charge in [0.05, 0.1) is 4.90 Å². The summed E-state index contributed by atoms with van der Waals surface area (Å²) in [4.78, 5) is 39.7. The van der Waals surface area contributed by atoms with Crippen LogP contribution in [0.25, 0.3) is 0 Å². The summed E-state index contributed by atoms with van der Waals surface area (Å²) in [6.45, 7) is 1.91. The van der Waals surface area contributed by atoms with E-state index in [4.69, 9.17) is 0 Å². The zero-order valence-electron chi connectivity index (χ0n) is 19.7. The van der Waals surface area contributed by atoms with Crippen molar-refractivity contribution >= 4 is 45.2 Å². The molecule has 0 radical (unpaired) electrons. The van der Waals surface area contributed by atoms with E-state index in [-0.39, 0.29) is 35.6 Å². The van der Waals surface area contributed by atoms with Crippen LogP contribution in [-0.4, -0.2) is 66.5 Å². The molecular weight excluding hydrogens is 509 g/mol. The normalized spacial score (nSPS) is 22.7. The Morgan fingerprint density at radius 3 is 2.64 bits per heavy atom. The van der Waals surface area contributed by atoms with Crippen LogP contribution in [0.15, 0.2) is 34.2 Å². The molecule has 0 bridgehead atoms. The third-order valence-electron chi connectivity index (χ3n) is 6.61. The minimum Gasteiger partial charge on any atom is -0.345 e. The molecule has 10 nitrogen and oxygen atoms in total. The fourth-order valence-electron chi connectivity index (χ4n) is 4.49. The number of hydrogen-bond acceptors (Lipinski definition) is 6. The average molecular weight is 536 g/mol. The van der Waals surface area contributed by atoms with Gasteiger partial charge in [0.25, 0.3) is 5.91 Å². The fraction of sp³-hybridized carbons (Fsp3) is 0.435. The number of aryl methyl sites for hydroxylation is 2. The van der Waals surface area contributed by atoms with Crippen molar-refractivity contribution in [3.63, 3.8) is 0 Å². The predicted octanol–water partition coefficient (Wildman–Crippen LogP) is 1.21. The highest BCUT2D eigenvalue weighted by molar-refractivity contribution is 8.00. The highest BCUT2D eigenvalue weighted by Gasteiger charge is 2.43. The Kier molecular flexibility index (Phi) is 6.33. The van der Waals surface area contributed by atoms with Crippen molar-refractivity contribution in [3.05, 3.63) is 41.5 Å². The molecule has 2 aliphatic heterocycles. The first-order valence-corrected chi connectivity index (χ1v) is 14.0. The number of nitrogens with one attached hydrogen (secondary N) is 3. The zero-order chi connectivity index (χ0) is 25.8. The summed E-state index contributed by atoms with van der Waals surface area (Å²) < 4.78 is 44.3. The minimum atomic E-state index is -4.01. The van der Waals surface area contributed by atoms with Gasteiger partial charge < -0.3 is 20.1 Å². The van der Waals surface area contributed by atoms with E-state index in [2.05, 4.69) is 15.4 Å². The topological polar surface area (TPSA) is 130 Å². The van der Waals surface area contributed by atoms with Gasteiger partial charge in [0.2, 0.25) is 10.0 Å². The molecule has 3 aliphatic rings. The fourth-order valence-corrected chi connectivity index (χ4v) is 7.72. The number of amides is 3. The number of carbonyl (C=O) groups is 3. The Morgan fingerprint density at radius 2 is 1.94 bits per heavy atom. The molecule has 2 aromatic rings. The maximum Gasteiger partial charge on any atom is 0.311 e. The first-order chi connectivity index (χ1) is 17.0. The van der Waals surface area contributed by atoms with Crippen molar-refractivity contribution in [1.29, 1.82) is 0 Å². The summed E-state index contributed by atoms with van der Waals surface area (Å²) in [5.41, 5.74) is 0.920. The number of thioether (sulfide) groups is 1. The number of anilines is 1. The molecule has 2 fully saturated rings. The van der Waals surface area contributed by atoms with Crippen molar-refractivity contribution < 1.29 is 27.2 Å². The average Bonchev–Trinajstić information content (AvgIpc) is 3.44. The van der Waals surface area contributed by atoms with Crippen LogP contribution in [0, 0.1) is 18.7 Å². The number of rotatable bonds is 3. The van der Waals surface area contributed by atoms with Gasteiger partial charge in [-0.3, -0.25) is 14.4 Å². The highest BCUT2D eigenvalue weighted by Crippen LogP contribution is 2.38. The monoisotopic (exact) mass is 535 g/mol. The van der Waals surface area contributed by atoms with Crippen molar-refractivity contribution in [3.8, 4) is 0 Å². The van der Waals surface area contributed by atoms with Crippen LogP contribution in [0.2, 0.25) is 0 Å². The summed E-state index contributed by atoms with van der Waals surface area (Å²) >= 11 is 1.24. The number of aromatic nitrogens is 1. The van der Waals surface area contributed by atoms with Crippen molar-refractivity contribution in [2.45, 2.75) is 41.6 Å². The molecule has 5 rings (SSSR count). The van der Waals surface area contributed by atoms with Gasteiger partial charge in [-0.1, -0.05) is 0 Å². The second-order valence-electron chi connectivity index (χ2n) is 9.46. The van der Waals surface area contributed by atoms with E-state index < -0.39 is 39.6 Å².